The van der Waals surface area contributed by atoms with Gasteiger partial charge in [-0.3, -0.25) is 10.2 Å². The van der Waals surface area contributed by atoms with Crippen molar-refractivity contribution in [2.75, 3.05) is 83.7 Å². The van der Waals surface area contributed by atoms with Crippen LogP contribution in [0.2, 0.25) is 0 Å². The van der Waals surface area contributed by atoms with Crippen molar-refractivity contribution in [2.24, 2.45) is 0 Å². The summed E-state index contributed by atoms with van der Waals surface area (Å²) in [5.74, 6) is 2.37. The number of fused-ring (bicyclic) bond motifs is 8. The molecule has 0 radical (unpaired) electrons. The van der Waals surface area contributed by atoms with Gasteiger partial charge in [0, 0.05) is 43.3 Å². The van der Waals surface area contributed by atoms with Crippen molar-refractivity contribution in [2.45, 2.75) is 103 Å². The SMILES string of the molecule is CC1(C)OC[C@H](COc2ccc(N)nc2)O1.Cc1nc(-c2cccc(C(F)(F)F)c2)nc2c1N1CC[C@@H](C1)N2.Cc1nc(-c2cccc(C(F)(F)F)c2)nc2c1N1CC[C@@H](C1)N2C(=O)Nc1ccc(OC[C@H]2COC(C)(C)O2)cn1. The lowest BCUT2D eigenvalue weighted by Gasteiger charge is -2.36. The minimum atomic E-state index is -4.50. The fraction of sp³-hybridized carbons (Fsp3) is 0.436. The molecule has 0 spiro atoms. The lowest BCUT2D eigenvalue weighted by molar-refractivity contribution is -0.141. The van der Waals surface area contributed by atoms with E-state index in [-0.39, 0.29) is 29.6 Å². The number of aromatic nitrogens is 6. The number of amides is 2. The Kier molecular flexibility index (Phi) is 15.4. The standard InChI is InChI=1S/C28H29F3N6O4.C16H15F3N4.C11H16N2O3/c1-16-23-25(35-24(33-16)17-5-4-6-18(11-17)28(29,30)31)37(19-9-10-36(23)13-19)26(38)34-22-8-7-20(12-32-22)39-14-21-15-40-27(2,3)41-21;1-9-13-15(21-12-5-6-23(13)8-12)22-14(20-9)10-3-2-4-11(7-10)16(17,18)19;1-11(2)15-7-9(16-11)6-14-8-3-4-10(12)13-5-8/h4-8,11-12,19,21H,9-10,13-15H2,1-3H3,(H,32,34,38);2-4,7,12H,5-6,8H2,1H3,(H,20,21,22);3-5,9H,6-7H2,1-2H3,(H2,12,13)/t19-,21-;12-;9-/m000/s1. The van der Waals surface area contributed by atoms with Crippen LogP contribution in [0.25, 0.3) is 22.8 Å². The highest BCUT2D eigenvalue weighted by Crippen LogP contribution is 2.43. The van der Waals surface area contributed by atoms with E-state index in [0.717, 1.165) is 61.0 Å². The van der Waals surface area contributed by atoms with Gasteiger partial charge in [-0.15, -0.1) is 0 Å². The predicted molar refractivity (Wildman–Crippen MR) is 284 cm³/mol. The minimum absolute atomic E-state index is 0.0347. The number of halogens is 6. The van der Waals surface area contributed by atoms with Crippen molar-refractivity contribution in [3.63, 3.8) is 0 Å². The Labute approximate surface area is 457 Å². The molecule has 0 aliphatic carbocycles. The molecule has 424 valence electrons. The molecule has 4 saturated heterocycles. The molecule has 0 saturated carbocycles. The van der Waals surface area contributed by atoms with Crippen LogP contribution in [0.4, 0.5) is 65.8 Å². The summed E-state index contributed by atoms with van der Waals surface area (Å²) < 4.78 is 112. The fourth-order valence-electron chi connectivity index (χ4n) is 10.2. The highest BCUT2D eigenvalue weighted by Gasteiger charge is 2.43. The number of carbonyl (C=O) groups is 1. The molecule has 12 rings (SSSR count). The number of pyridine rings is 2. The van der Waals surface area contributed by atoms with Gasteiger partial charge in [0.15, 0.2) is 34.9 Å². The van der Waals surface area contributed by atoms with E-state index >= 15 is 0 Å². The number of benzene rings is 2. The van der Waals surface area contributed by atoms with Crippen LogP contribution in [0.1, 0.15) is 63.1 Å². The molecule has 4 aromatic heterocycles. The number of nitrogen functional groups attached to an aromatic ring is 1. The van der Waals surface area contributed by atoms with Gasteiger partial charge in [0.25, 0.3) is 0 Å². The molecule has 10 heterocycles. The quantitative estimate of drug-likeness (QED) is 0.115. The number of urea groups is 1. The summed E-state index contributed by atoms with van der Waals surface area (Å²) in [6.45, 7) is 16.1. The fourth-order valence-corrected chi connectivity index (χ4v) is 10.2. The van der Waals surface area contributed by atoms with Gasteiger partial charge in [-0.05, 0) is 103 Å². The summed E-state index contributed by atoms with van der Waals surface area (Å²) in [6, 6.07) is 16.6. The van der Waals surface area contributed by atoms with Crippen molar-refractivity contribution in [1.82, 2.24) is 29.9 Å². The van der Waals surface area contributed by atoms with Gasteiger partial charge in [-0.25, -0.2) is 34.7 Å². The van der Waals surface area contributed by atoms with Crippen molar-refractivity contribution in [3.05, 3.63) is 108 Å². The van der Waals surface area contributed by atoms with Crippen molar-refractivity contribution >= 4 is 40.7 Å². The Balaban J connectivity index is 0.000000154. The third-order valence-electron chi connectivity index (χ3n) is 13.9. The zero-order chi connectivity index (χ0) is 56.7. The van der Waals surface area contributed by atoms with Crippen molar-refractivity contribution in [3.8, 4) is 34.3 Å². The van der Waals surface area contributed by atoms with E-state index in [9.17, 15) is 31.1 Å². The van der Waals surface area contributed by atoms with Crippen LogP contribution in [-0.4, -0.2) is 124 Å². The number of nitrogens with one attached hydrogen (secondary N) is 2. The van der Waals surface area contributed by atoms with E-state index in [4.69, 9.17) is 34.2 Å². The maximum Gasteiger partial charge on any atom is 0.416 e. The smallest absolute Gasteiger partial charge is 0.416 e. The van der Waals surface area contributed by atoms with E-state index in [1.807, 2.05) is 34.6 Å². The molecule has 6 aromatic rings. The molecule has 6 aliphatic heterocycles. The summed E-state index contributed by atoms with van der Waals surface area (Å²) in [4.78, 5) is 45.8. The second-order valence-corrected chi connectivity index (χ2v) is 20.9. The molecule has 80 heavy (non-hydrogen) atoms. The van der Waals surface area contributed by atoms with Crippen LogP contribution in [0.3, 0.4) is 0 Å². The lowest BCUT2D eigenvalue weighted by Crippen LogP contribution is -2.48. The van der Waals surface area contributed by atoms with Crippen LogP contribution in [0.15, 0.2) is 85.2 Å². The maximum atomic E-state index is 13.6. The number of hydrogen-bond donors (Lipinski definition) is 3. The third kappa shape index (κ3) is 12.9. The van der Waals surface area contributed by atoms with Crippen LogP contribution in [0.5, 0.6) is 11.5 Å². The van der Waals surface area contributed by atoms with Crippen LogP contribution >= 0.6 is 0 Å². The molecular weight excluding hydrogens is 1050 g/mol. The maximum absolute atomic E-state index is 13.6. The van der Waals surface area contributed by atoms with E-state index < -0.39 is 41.1 Å². The first-order chi connectivity index (χ1) is 37.9. The molecule has 6 aliphatic rings. The number of hydrogen-bond acceptors (Lipinski definition) is 17. The molecular formula is C55H60F6N12O7. The number of ether oxygens (including phenoxy) is 6. The Hall–Kier alpha value is -7.61. The average Bonchev–Trinajstić information content (AvgIpc) is 4.20. The van der Waals surface area contributed by atoms with Gasteiger partial charge in [-0.1, -0.05) is 24.3 Å². The molecule has 2 amide bonds. The molecule has 19 nitrogen and oxygen atoms in total. The first-order valence-electron chi connectivity index (χ1n) is 26.0. The van der Waals surface area contributed by atoms with E-state index in [1.54, 1.807) is 48.4 Å². The Morgan fingerprint density at radius 1 is 0.713 bits per heavy atom. The number of alkyl halides is 6. The summed E-state index contributed by atoms with van der Waals surface area (Å²) in [5, 5.41) is 6.20. The minimum Gasteiger partial charge on any atom is -0.489 e. The topological polar surface area (TPSA) is 210 Å². The van der Waals surface area contributed by atoms with Gasteiger partial charge in [0.2, 0.25) is 0 Å². The number of carbonyl (C=O) groups excluding carboxylic acids is 1. The molecule has 25 heteroatoms. The van der Waals surface area contributed by atoms with Gasteiger partial charge >= 0.3 is 18.4 Å². The second kappa shape index (κ2) is 22.1. The number of anilines is 6. The summed E-state index contributed by atoms with van der Waals surface area (Å²) in [7, 11) is 0. The largest absolute Gasteiger partial charge is 0.489 e. The average molecular weight is 1120 g/mol. The Bertz CT molecular complexity index is 3210. The van der Waals surface area contributed by atoms with E-state index in [1.165, 1.54) is 24.4 Å². The molecule has 4 N–H and O–H groups in total. The van der Waals surface area contributed by atoms with Gasteiger partial charge in [0.1, 0.15) is 59.9 Å². The zero-order valence-electron chi connectivity index (χ0n) is 44.7. The zero-order valence-corrected chi connectivity index (χ0v) is 44.7. The van der Waals surface area contributed by atoms with Crippen LogP contribution < -0.4 is 40.5 Å². The number of aryl methyl sites for hydroxylation is 2. The normalized spacial score (nSPS) is 21.1. The molecule has 4 atom stereocenters. The van der Waals surface area contributed by atoms with Crippen molar-refractivity contribution < 1.29 is 59.6 Å². The second-order valence-electron chi connectivity index (χ2n) is 20.9. The van der Waals surface area contributed by atoms with Gasteiger partial charge in [-0.2, -0.15) is 26.3 Å². The summed E-state index contributed by atoms with van der Waals surface area (Å²) in [6.07, 6.45) is -4.25. The molecule has 4 fully saturated rings. The molecule has 0 unspecified atom stereocenters. The summed E-state index contributed by atoms with van der Waals surface area (Å²) >= 11 is 0. The predicted octanol–water partition coefficient (Wildman–Crippen LogP) is 9.70. The number of nitrogens with zero attached hydrogens (tertiary/aromatic N) is 9. The number of rotatable bonds is 9. The highest BCUT2D eigenvalue weighted by atomic mass is 19.4. The van der Waals surface area contributed by atoms with E-state index in [2.05, 4.69) is 50.3 Å². The van der Waals surface area contributed by atoms with Gasteiger partial charge in [0.05, 0.1) is 54.2 Å². The highest BCUT2D eigenvalue weighted by molar-refractivity contribution is 6.04. The lowest BCUT2D eigenvalue weighted by atomic mass is 10.1. The monoisotopic (exact) mass is 1110 g/mol. The first-order valence-corrected chi connectivity index (χ1v) is 26.0. The van der Waals surface area contributed by atoms with Crippen LogP contribution in [0, 0.1) is 13.8 Å². The first kappa shape index (κ1) is 55.7. The Morgan fingerprint density at radius 2 is 1.26 bits per heavy atom. The summed E-state index contributed by atoms with van der Waals surface area (Å²) in [5.41, 5.74) is 7.61. The van der Waals surface area contributed by atoms with E-state index in [0.29, 0.717) is 104 Å². The molecule has 2 aromatic carbocycles. The van der Waals surface area contributed by atoms with Gasteiger partial charge < -0.3 is 49.3 Å². The third-order valence-corrected chi connectivity index (χ3v) is 13.9. The molecule has 4 bridgehead atoms. The number of nitrogens with two attached hydrogens (primary N) is 1. The van der Waals surface area contributed by atoms with Crippen LogP contribution in [-0.2, 0) is 31.3 Å². The van der Waals surface area contributed by atoms with Crippen molar-refractivity contribution in [1.29, 1.82) is 0 Å². The Morgan fingerprint density at radius 3 is 1.80 bits per heavy atom.